The third kappa shape index (κ3) is 3.89. The summed E-state index contributed by atoms with van der Waals surface area (Å²) < 4.78 is 1.11. The Morgan fingerprint density at radius 3 is 2.57 bits per heavy atom. The Balaban J connectivity index is 2.03. The highest BCUT2D eigenvalue weighted by molar-refractivity contribution is 5.91. The Kier molecular flexibility index (Phi) is 6.06. The Labute approximate surface area is 162 Å². The zero-order chi connectivity index (χ0) is 20.1. The monoisotopic (exact) mass is 380 g/mol. The molecule has 146 valence electrons. The molecule has 3 rings (SSSR count). The van der Waals surface area contributed by atoms with Crippen LogP contribution in [-0.2, 0) is 0 Å². The lowest BCUT2D eigenvalue weighted by Gasteiger charge is -2.16. The number of benzene rings is 2. The number of likely N-dealkylation sites (N-methyl/N-ethyl adjacent to an activating group) is 1. The van der Waals surface area contributed by atoms with Crippen molar-refractivity contribution >= 4 is 17.0 Å². The summed E-state index contributed by atoms with van der Waals surface area (Å²) in [5, 5.41) is 12.4. The Bertz CT molecular complexity index is 1110. The van der Waals surface area contributed by atoms with Crippen molar-refractivity contribution in [3.8, 4) is 11.6 Å². The summed E-state index contributed by atoms with van der Waals surface area (Å²) >= 11 is 0. The first-order valence-corrected chi connectivity index (χ1v) is 9.35. The van der Waals surface area contributed by atoms with Crippen molar-refractivity contribution in [2.75, 3.05) is 26.2 Å². The highest BCUT2D eigenvalue weighted by atomic mass is 16.3. The van der Waals surface area contributed by atoms with Crippen LogP contribution in [0.4, 0.5) is 0 Å². The van der Waals surface area contributed by atoms with E-state index < -0.39 is 17.1 Å². The summed E-state index contributed by atoms with van der Waals surface area (Å²) in [4.78, 5) is 33.4. The smallest absolute Gasteiger partial charge is 0.335 e. The van der Waals surface area contributed by atoms with E-state index in [9.17, 15) is 14.7 Å². The highest BCUT2D eigenvalue weighted by Crippen LogP contribution is 2.24. The maximum Gasteiger partial charge on any atom is 0.335 e. The molecule has 3 aromatic rings. The Morgan fingerprint density at radius 2 is 1.82 bits per heavy atom. The molecule has 2 N–H and O–H groups in total. The molecule has 0 aliphatic rings. The molecule has 1 aromatic heterocycles. The van der Waals surface area contributed by atoms with E-state index in [1.54, 1.807) is 12.1 Å². The molecule has 0 spiro atoms. The standard InChI is InChI=1S/C21H24N4O3/c1-3-24(4-2)13-12-22-14-17-19(26)23-21(28)25(20(17)27)18-11-7-9-15-8-5-6-10-16(15)18/h5-11,14,27H,3-4,12-13H2,1-2H3,(H,23,26,28). The number of aromatic nitrogens is 2. The van der Waals surface area contributed by atoms with Crippen LogP contribution >= 0.6 is 0 Å². The quantitative estimate of drug-likeness (QED) is 0.615. The molecule has 0 bridgehead atoms. The van der Waals surface area contributed by atoms with Crippen molar-refractivity contribution in [2.24, 2.45) is 4.99 Å². The summed E-state index contributed by atoms with van der Waals surface area (Å²) in [5.74, 6) is -0.420. The molecule has 0 saturated carbocycles. The average Bonchev–Trinajstić information content (AvgIpc) is 2.70. The van der Waals surface area contributed by atoms with Gasteiger partial charge in [0, 0.05) is 18.1 Å². The van der Waals surface area contributed by atoms with Crippen molar-refractivity contribution in [2.45, 2.75) is 13.8 Å². The molecular formula is C21H24N4O3. The molecule has 7 heteroatoms. The predicted molar refractivity (Wildman–Crippen MR) is 112 cm³/mol. The lowest BCUT2D eigenvalue weighted by Crippen LogP contribution is -2.31. The van der Waals surface area contributed by atoms with Crippen LogP contribution in [0.2, 0.25) is 0 Å². The molecule has 0 atom stereocenters. The zero-order valence-electron chi connectivity index (χ0n) is 16.1. The van der Waals surface area contributed by atoms with Crippen molar-refractivity contribution in [1.29, 1.82) is 0 Å². The number of fused-ring (bicyclic) bond motifs is 1. The van der Waals surface area contributed by atoms with Gasteiger partial charge in [-0.1, -0.05) is 50.2 Å². The molecule has 0 saturated heterocycles. The number of aromatic amines is 1. The van der Waals surface area contributed by atoms with Gasteiger partial charge < -0.3 is 10.0 Å². The number of hydrogen-bond acceptors (Lipinski definition) is 5. The van der Waals surface area contributed by atoms with E-state index in [0.717, 1.165) is 35.0 Å². The van der Waals surface area contributed by atoms with E-state index >= 15 is 0 Å². The van der Waals surface area contributed by atoms with Gasteiger partial charge in [0.2, 0.25) is 5.88 Å². The molecular weight excluding hydrogens is 356 g/mol. The molecule has 0 aliphatic carbocycles. The van der Waals surface area contributed by atoms with Gasteiger partial charge in [-0.3, -0.25) is 14.8 Å². The summed E-state index contributed by atoms with van der Waals surface area (Å²) in [7, 11) is 0. The SMILES string of the molecule is CCN(CC)CCN=Cc1c(O)n(-c2cccc3ccccc23)c(=O)[nH]c1=O. The molecule has 28 heavy (non-hydrogen) atoms. The number of rotatable bonds is 7. The molecule has 1 heterocycles. The first-order chi connectivity index (χ1) is 13.6. The fourth-order valence-corrected chi connectivity index (χ4v) is 3.18. The van der Waals surface area contributed by atoms with E-state index in [1.165, 1.54) is 6.21 Å². The second-order valence-corrected chi connectivity index (χ2v) is 6.39. The van der Waals surface area contributed by atoms with Crippen LogP contribution in [0.25, 0.3) is 16.5 Å². The topological polar surface area (TPSA) is 90.7 Å². The summed E-state index contributed by atoms with van der Waals surface area (Å²) in [6.45, 7) is 7.24. The largest absolute Gasteiger partial charge is 0.493 e. The van der Waals surface area contributed by atoms with E-state index in [2.05, 4.69) is 28.7 Å². The van der Waals surface area contributed by atoms with Gasteiger partial charge in [-0.05, 0) is 24.5 Å². The van der Waals surface area contributed by atoms with Crippen molar-refractivity contribution < 1.29 is 5.11 Å². The van der Waals surface area contributed by atoms with Gasteiger partial charge in [0.15, 0.2) is 0 Å². The molecule has 0 fully saturated rings. The number of H-pyrrole nitrogens is 1. The fraction of sp³-hybridized carbons (Fsp3) is 0.286. The molecule has 0 radical (unpaired) electrons. The predicted octanol–water partition coefficient (Wildman–Crippen LogP) is 2.15. The molecule has 7 nitrogen and oxygen atoms in total. The normalized spacial score (nSPS) is 11.7. The van der Waals surface area contributed by atoms with Gasteiger partial charge in [0.05, 0.1) is 12.2 Å². The van der Waals surface area contributed by atoms with E-state index in [4.69, 9.17) is 0 Å². The van der Waals surface area contributed by atoms with Gasteiger partial charge in [0.25, 0.3) is 5.56 Å². The third-order valence-electron chi connectivity index (χ3n) is 4.79. The van der Waals surface area contributed by atoms with E-state index in [1.807, 2.05) is 30.3 Å². The number of hydrogen-bond donors (Lipinski definition) is 2. The van der Waals surface area contributed by atoms with Crippen LogP contribution in [0.3, 0.4) is 0 Å². The first-order valence-electron chi connectivity index (χ1n) is 9.35. The number of aliphatic imine (C=N–C) groups is 1. The van der Waals surface area contributed by atoms with Crippen LogP contribution in [0.5, 0.6) is 5.88 Å². The van der Waals surface area contributed by atoms with Crippen LogP contribution in [0.15, 0.2) is 57.0 Å². The third-order valence-corrected chi connectivity index (χ3v) is 4.79. The second kappa shape index (κ2) is 8.67. The minimum Gasteiger partial charge on any atom is -0.493 e. The van der Waals surface area contributed by atoms with Crippen LogP contribution < -0.4 is 11.2 Å². The number of nitrogens with zero attached hydrogens (tertiary/aromatic N) is 3. The second-order valence-electron chi connectivity index (χ2n) is 6.39. The number of nitrogens with one attached hydrogen (secondary N) is 1. The molecule has 0 unspecified atom stereocenters. The van der Waals surface area contributed by atoms with Gasteiger partial charge in [-0.2, -0.15) is 0 Å². The first kappa shape index (κ1) is 19.6. The minimum atomic E-state index is -0.695. The average molecular weight is 380 g/mol. The minimum absolute atomic E-state index is 0.0351. The number of aromatic hydroxyl groups is 1. The van der Waals surface area contributed by atoms with Crippen molar-refractivity contribution in [3.05, 3.63) is 68.9 Å². The van der Waals surface area contributed by atoms with Crippen molar-refractivity contribution in [3.63, 3.8) is 0 Å². The van der Waals surface area contributed by atoms with Gasteiger partial charge >= 0.3 is 5.69 Å². The molecule has 2 aromatic carbocycles. The van der Waals surface area contributed by atoms with E-state index in [-0.39, 0.29) is 5.56 Å². The van der Waals surface area contributed by atoms with E-state index in [0.29, 0.717) is 12.2 Å². The Morgan fingerprint density at radius 1 is 1.11 bits per heavy atom. The molecule has 0 aliphatic heterocycles. The molecule has 0 amide bonds. The maximum atomic E-state index is 12.5. The lowest BCUT2D eigenvalue weighted by atomic mass is 10.1. The fourth-order valence-electron chi connectivity index (χ4n) is 3.18. The van der Waals surface area contributed by atoms with Gasteiger partial charge in [-0.15, -0.1) is 0 Å². The van der Waals surface area contributed by atoms with Gasteiger partial charge in [0.1, 0.15) is 5.56 Å². The zero-order valence-corrected chi connectivity index (χ0v) is 16.1. The van der Waals surface area contributed by atoms with Crippen LogP contribution in [0.1, 0.15) is 19.4 Å². The summed E-state index contributed by atoms with van der Waals surface area (Å²) in [6.07, 6.45) is 1.33. The van der Waals surface area contributed by atoms with Crippen LogP contribution in [0, 0.1) is 0 Å². The maximum absolute atomic E-state index is 12.5. The summed E-state index contributed by atoms with van der Waals surface area (Å²) in [5.41, 5.74) is -0.897. The highest BCUT2D eigenvalue weighted by Gasteiger charge is 2.15. The Hall–Kier alpha value is -3.19. The van der Waals surface area contributed by atoms with Gasteiger partial charge in [-0.25, -0.2) is 9.36 Å². The lowest BCUT2D eigenvalue weighted by molar-refractivity contribution is 0.313. The van der Waals surface area contributed by atoms with Crippen molar-refractivity contribution in [1.82, 2.24) is 14.5 Å². The summed E-state index contributed by atoms with van der Waals surface area (Å²) in [6, 6.07) is 13.0. The van der Waals surface area contributed by atoms with Crippen LogP contribution in [-0.4, -0.2) is 52.0 Å².